The molecule has 0 heterocycles. The molecule has 1 aliphatic rings. The third-order valence-electron chi connectivity index (χ3n) is 3.65. The van der Waals surface area contributed by atoms with E-state index >= 15 is 0 Å². The highest BCUT2D eigenvalue weighted by Crippen LogP contribution is 2.56. The summed E-state index contributed by atoms with van der Waals surface area (Å²) in [5, 5.41) is 3.32. The average Bonchev–Trinajstić information content (AvgIpc) is 2.74. The number of carbonyl (C=O) groups is 1. The first-order chi connectivity index (χ1) is 8.17. The molecule has 0 aromatic rings. The lowest BCUT2D eigenvalue weighted by Crippen LogP contribution is -2.42. The third-order valence-corrected chi connectivity index (χ3v) is 3.65. The summed E-state index contributed by atoms with van der Waals surface area (Å²) in [6, 6.07) is -0.121. The van der Waals surface area contributed by atoms with Gasteiger partial charge in [-0.15, -0.1) is 5.73 Å². The van der Waals surface area contributed by atoms with Crippen molar-refractivity contribution in [1.29, 1.82) is 0 Å². The van der Waals surface area contributed by atoms with Gasteiger partial charge in [-0.2, -0.15) is 0 Å². The summed E-state index contributed by atoms with van der Waals surface area (Å²) in [7, 11) is 3.58. The van der Waals surface area contributed by atoms with Gasteiger partial charge in [-0.25, -0.2) is 0 Å². The molecule has 1 fully saturated rings. The highest BCUT2D eigenvalue weighted by molar-refractivity contribution is 5.80. The van der Waals surface area contributed by atoms with Crippen LogP contribution in [0.25, 0.3) is 0 Å². The fourth-order valence-electron chi connectivity index (χ4n) is 2.28. The van der Waals surface area contributed by atoms with Crippen LogP contribution < -0.4 is 5.32 Å². The Balaban J connectivity index is 2.57. The number of hydrogen-bond donors (Lipinski definition) is 1. The van der Waals surface area contributed by atoms with Gasteiger partial charge >= 0.3 is 0 Å². The summed E-state index contributed by atoms with van der Waals surface area (Å²) >= 11 is 0. The molecule has 2 atom stereocenters. The highest BCUT2D eigenvalue weighted by atomic mass is 16.2. The molecule has 3 nitrogen and oxygen atoms in total. The Hall–Kier alpha value is -1.05. The Labute approximate surface area is 111 Å². The second kappa shape index (κ2) is 5.29. The molecule has 1 rings (SSSR count). The van der Waals surface area contributed by atoms with Gasteiger partial charge in [0.2, 0.25) is 5.91 Å². The molecule has 1 N–H and O–H groups in total. The predicted octanol–water partition coefficient (Wildman–Crippen LogP) is 2.20. The molecule has 3 heteroatoms. The van der Waals surface area contributed by atoms with Crippen molar-refractivity contribution in [3.63, 3.8) is 0 Å². The molecule has 18 heavy (non-hydrogen) atoms. The molecule has 1 unspecified atom stereocenters. The van der Waals surface area contributed by atoms with Crippen molar-refractivity contribution in [3.05, 3.63) is 16.9 Å². The van der Waals surface area contributed by atoms with Gasteiger partial charge in [0, 0.05) is 32.0 Å². The standard InChI is InChI=1S/C15H26N2O/c1-10(2)8-12-13(15(12,4)5)9-16-11(3)14(18)17(6)7/h11,13,16H,9H2,1-7H3/t11-,13?/m0/s1. The fourth-order valence-corrected chi connectivity index (χ4v) is 2.28. The van der Waals surface area contributed by atoms with E-state index in [1.54, 1.807) is 19.0 Å². The van der Waals surface area contributed by atoms with E-state index in [-0.39, 0.29) is 17.4 Å². The highest BCUT2D eigenvalue weighted by Gasteiger charge is 2.52. The smallest absolute Gasteiger partial charge is 0.238 e. The first-order valence-electron chi connectivity index (χ1n) is 6.57. The number of likely N-dealkylation sites (N-methyl/N-ethyl adjacent to an activating group) is 1. The minimum absolute atomic E-state index is 0.121. The van der Waals surface area contributed by atoms with E-state index in [0.29, 0.717) is 5.92 Å². The summed E-state index contributed by atoms with van der Waals surface area (Å²) in [5.41, 5.74) is 6.25. The second-order valence-corrected chi connectivity index (χ2v) is 6.18. The number of hydrogen-bond acceptors (Lipinski definition) is 2. The van der Waals surface area contributed by atoms with Crippen molar-refractivity contribution in [2.24, 2.45) is 11.3 Å². The maximum atomic E-state index is 11.7. The van der Waals surface area contributed by atoms with Crippen LogP contribution in [-0.2, 0) is 4.79 Å². The Kier molecular flexibility index (Phi) is 4.41. The summed E-state index contributed by atoms with van der Waals surface area (Å²) < 4.78 is 0. The van der Waals surface area contributed by atoms with E-state index in [9.17, 15) is 4.79 Å². The van der Waals surface area contributed by atoms with Gasteiger partial charge in [-0.05, 0) is 31.9 Å². The first-order valence-corrected chi connectivity index (χ1v) is 6.57. The number of rotatable bonds is 4. The first kappa shape index (κ1) is 15.0. The fraction of sp³-hybridized carbons (Fsp3) is 0.733. The van der Waals surface area contributed by atoms with Gasteiger partial charge in [0.25, 0.3) is 0 Å². The lowest BCUT2D eigenvalue weighted by molar-refractivity contribution is -0.130. The van der Waals surface area contributed by atoms with Crippen LogP contribution in [0.5, 0.6) is 0 Å². The molecule has 102 valence electrons. The Morgan fingerprint density at radius 2 is 2.00 bits per heavy atom. The van der Waals surface area contributed by atoms with Gasteiger partial charge in [0.1, 0.15) is 0 Å². The topological polar surface area (TPSA) is 32.3 Å². The molecule has 0 spiro atoms. The number of amides is 1. The van der Waals surface area contributed by atoms with Crippen molar-refractivity contribution < 1.29 is 4.79 Å². The molecule has 1 saturated carbocycles. The third kappa shape index (κ3) is 3.24. The van der Waals surface area contributed by atoms with E-state index in [0.717, 1.165) is 6.54 Å². The quantitative estimate of drug-likeness (QED) is 0.776. The van der Waals surface area contributed by atoms with Crippen LogP contribution in [0.3, 0.4) is 0 Å². The van der Waals surface area contributed by atoms with Crippen molar-refractivity contribution in [2.45, 2.75) is 40.7 Å². The average molecular weight is 250 g/mol. The maximum Gasteiger partial charge on any atom is 0.238 e. The molecule has 0 aliphatic heterocycles. The number of nitrogens with zero attached hydrogens (tertiary/aromatic N) is 1. The lowest BCUT2D eigenvalue weighted by Gasteiger charge is -2.18. The molecular weight excluding hydrogens is 224 g/mol. The van der Waals surface area contributed by atoms with Crippen LogP contribution in [0.4, 0.5) is 0 Å². The van der Waals surface area contributed by atoms with Crippen molar-refractivity contribution in [1.82, 2.24) is 10.2 Å². The van der Waals surface area contributed by atoms with E-state index in [1.165, 1.54) is 11.1 Å². The molecule has 1 amide bonds. The lowest BCUT2D eigenvalue weighted by atomic mass is 10.1. The van der Waals surface area contributed by atoms with Crippen molar-refractivity contribution >= 4 is 5.91 Å². The normalized spacial score (nSPS) is 22.2. The van der Waals surface area contributed by atoms with Gasteiger partial charge in [-0.3, -0.25) is 4.79 Å². The second-order valence-electron chi connectivity index (χ2n) is 6.18. The molecular formula is C15H26N2O. The largest absolute Gasteiger partial charge is 0.347 e. The molecule has 1 aliphatic carbocycles. The minimum Gasteiger partial charge on any atom is -0.347 e. The van der Waals surface area contributed by atoms with Crippen molar-refractivity contribution in [3.8, 4) is 0 Å². The molecule has 0 aromatic heterocycles. The van der Waals surface area contributed by atoms with Gasteiger partial charge in [-0.1, -0.05) is 13.8 Å². The zero-order chi connectivity index (χ0) is 14.1. The van der Waals surface area contributed by atoms with Crippen LogP contribution in [0.1, 0.15) is 34.6 Å². The number of nitrogens with one attached hydrogen (secondary N) is 1. The van der Waals surface area contributed by atoms with Crippen LogP contribution in [0, 0.1) is 11.3 Å². The summed E-state index contributed by atoms with van der Waals surface area (Å²) in [6.45, 7) is 11.4. The summed E-state index contributed by atoms with van der Waals surface area (Å²) in [4.78, 5) is 13.4. The Morgan fingerprint density at radius 1 is 1.44 bits per heavy atom. The van der Waals surface area contributed by atoms with Gasteiger partial charge in [0.15, 0.2) is 0 Å². The molecule has 0 saturated heterocycles. The Morgan fingerprint density at radius 3 is 2.44 bits per heavy atom. The predicted molar refractivity (Wildman–Crippen MR) is 75.3 cm³/mol. The van der Waals surface area contributed by atoms with Gasteiger partial charge < -0.3 is 10.2 Å². The SMILES string of the molecule is CC(C)=C=C1C(CN[C@@H](C)C(=O)N(C)C)C1(C)C. The zero-order valence-corrected chi connectivity index (χ0v) is 12.7. The van der Waals surface area contributed by atoms with Crippen LogP contribution in [0.15, 0.2) is 16.9 Å². The summed E-state index contributed by atoms with van der Waals surface area (Å²) in [6.07, 6.45) is 0. The molecule has 0 aromatic carbocycles. The number of carbonyl (C=O) groups excluding carboxylic acids is 1. The van der Waals surface area contributed by atoms with E-state index in [2.05, 4.69) is 38.7 Å². The van der Waals surface area contributed by atoms with Crippen molar-refractivity contribution in [2.75, 3.05) is 20.6 Å². The van der Waals surface area contributed by atoms with Gasteiger partial charge in [0.05, 0.1) is 6.04 Å². The molecule has 0 bridgehead atoms. The molecule has 0 radical (unpaired) electrons. The Bertz CT molecular complexity index is 397. The monoisotopic (exact) mass is 250 g/mol. The maximum absolute atomic E-state index is 11.7. The zero-order valence-electron chi connectivity index (χ0n) is 12.7. The summed E-state index contributed by atoms with van der Waals surface area (Å²) in [5.74, 6) is 0.631. The van der Waals surface area contributed by atoms with Crippen LogP contribution >= 0.6 is 0 Å². The minimum atomic E-state index is -0.121. The van der Waals surface area contributed by atoms with Crippen LogP contribution in [0.2, 0.25) is 0 Å². The van der Waals surface area contributed by atoms with E-state index < -0.39 is 0 Å². The van der Waals surface area contributed by atoms with E-state index in [4.69, 9.17) is 0 Å². The van der Waals surface area contributed by atoms with E-state index in [1.807, 2.05) is 6.92 Å². The van der Waals surface area contributed by atoms with Crippen LogP contribution in [-0.4, -0.2) is 37.5 Å².